The van der Waals surface area contributed by atoms with E-state index in [4.69, 9.17) is 11.6 Å². The zero-order chi connectivity index (χ0) is 14.5. The molecule has 0 aliphatic carbocycles. The molecule has 0 bridgehead atoms. The second-order valence-corrected chi connectivity index (χ2v) is 5.02. The quantitative estimate of drug-likeness (QED) is 0.824. The minimum Gasteiger partial charge on any atom is -0.377 e. The third-order valence-corrected chi connectivity index (χ3v) is 3.14. The second kappa shape index (κ2) is 6.53. The number of aromatic amines is 1. The zero-order valence-corrected chi connectivity index (χ0v) is 12.2. The third kappa shape index (κ3) is 3.58. The van der Waals surface area contributed by atoms with Gasteiger partial charge in [-0.3, -0.25) is 9.89 Å². The van der Waals surface area contributed by atoms with Gasteiger partial charge in [-0.1, -0.05) is 11.6 Å². The van der Waals surface area contributed by atoms with E-state index in [0.29, 0.717) is 18.8 Å². The Bertz CT molecular complexity index is 607. The monoisotopic (exact) mass is 296 g/mol. The lowest BCUT2D eigenvalue weighted by molar-refractivity contribution is 0.367. The predicted octanol–water partition coefficient (Wildman–Crippen LogP) is 0.793. The Balaban J connectivity index is 2.08. The smallest absolute Gasteiger partial charge is 0.287 e. The lowest BCUT2D eigenvalue weighted by Crippen LogP contribution is -2.29. The first kappa shape index (κ1) is 14.5. The summed E-state index contributed by atoms with van der Waals surface area (Å²) in [5, 5.41) is 14.0. The van der Waals surface area contributed by atoms with Crippen LogP contribution in [0.15, 0.2) is 23.3 Å². The van der Waals surface area contributed by atoms with Crippen LogP contribution in [-0.4, -0.2) is 45.5 Å². The van der Waals surface area contributed by atoms with Crippen LogP contribution in [-0.2, 0) is 13.1 Å². The molecule has 7 nitrogen and oxygen atoms in total. The van der Waals surface area contributed by atoms with Crippen LogP contribution in [0.2, 0.25) is 5.02 Å². The summed E-state index contributed by atoms with van der Waals surface area (Å²) in [6.45, 7) is 1.74. The van der Waals surface area contributed by atoms with Crippen molar-refractivity contribution in [2.45, 2.75) is 13.1 Å². The molecule has 0 aliphatic heterocycles. The maximum atomic E-state index is 12.1. The normalized spacial score (nSPS) is 11.0. The maximum absolute atomic E-state index is 12.1. The summed E-state index contributed by atoms with van der Waals surface area (Å²) >= 11 is 6.08. The number of nitrogens with zero attached hydrogens (tertiary/aromatic N) is 4. The van der Waals surface area contributed by atoms with E-state index in [-0.39, 0.29) is 10.6 Å². The van der Waals surface area contributed by atoms with Crippen molar-refractivity contribution in [1.82, 2.24) is 24.9 Å². The van der Waals surface area contributed by atoms with Gasteiger partial charge in [-0.25, -0.2) is 4.68 Å². The Labute approximate surface area is 121 Å². The number of rotatable bonds is 6. The topological polar surface area (TPSA) is 78.8 Å². The molecule has 2 heterocycles. The van der Waals surface area contributed by atoms with Gasteiger partial charge in [0.05, 0.1) is 30.7 Å². The van der Waals surface area contributed by atoms with Gasteiger partial charge in [0.1, 0.15) is 5.02 Å². The van der Waals surface area contributed by atoms with Crippen molar-refractivity contribution in [3.05, 3.63) is 39.5 Å². The molecule has 2 N–H and O–H groups in total. The molecule has 0 aliphatic rings. The average molecular weight is 297 g/mol. The molecule has 0 saturated carbocycles. The molecule has 8 heteroatoms. The fraction of sp³-hybridized carbons (Fsp3) is 0.417. The Morgan fingerprint density at radius 2 is 2.30 bits per heavy atom. The van der Waals surface area contributed by atoms with Crippen molar-refractivity contribution in [2.75, 3.05) is 26.0 Å². The van der Waals surface area contributed by atoms with E-state index in [0.717, 1.165) is 12.2 Å². The first-order chi connectivity index (χ1) is 9.58. The summed E-state index contributed by atoms with van der Waals surface area (Å²) in [5.74, 6) is 0. The number of hydrogen-bond acceptors (Lipinski definition) is 5. The standard InChI is InChI=1S/C12H17ClN6O/c1-18(2)5-6-19-12(20)11(13)10(8-16-19)14-7-9-3-4-15-17-9/h3-4,8,14H,5-7H2,1-2H3,(H,15,17). The lowest BCUT2D eigenvalue weighted by Gasteiger charge is -2.12. The van der Waals surface area contributed by atoms with Gasteiger partial charge in [0.25, 0.3) is 5.56 Å². The van der Waals surface area contributed by atoms with Crippen LogP contribution in [0, 0.1) is 0 Å². The van der Waals surface area contributed by atoms with Crippen LogP contribution < -0.4 is 10.9 Å². The lowest BCUT2D eigenvalue weighted by atomic mass is 10.4. The average Bonchev–Trinajstić information content (AvgIpc) is 2.92. The highest BCUT2D eigenvalue weighted by molar-refractivity contribution is 6.32. The number of likely N-dealkylation sites (N-methyl/N-ethyl adjacent to an activating group) is 1. The molecule has 108 valence electrons. The number of halogens is 1. The molecular weight excluding hydrogens is 280 g/mol. The molecule has 2 aromatic rings. The summed E-state index contributed by atoms with van der Waals surface area (Å²) < 4.78 is 1.36. The molecule has 0 unspecified atom stereocenters. The van der Waals surface area contributed by atoms with Gasteiger partial charge >= 0.3 is 0 Å². The van der Waals surface area contributed by atoms with E-state index >= 15 is 0 Å². The number of aromatic nitrogens is 4. The number of nitrogens with one attached hydrogen (secondary N) is 2. The van der Waals surface area contributed by atoms with Crippen LogP contribution in [0.1, 0.15) is 5.69 Å². The van der Waals surface area contributed by atoms with Gasteiger partial charge in [0, 0.05) is 12.7 Å². The van der Waals surface area contributed by atoms with E-state index < -0.39 is 0 Å². The first-order valence-electron chi connectivity index (χ1n) is 6.20. The van der Waals surface area contributed by atoms with Crippen molar-refractivity contribution in [2.24, 2.45) is 0 Å². The van der Waals surface area contributed by atoms with Crippen LogP contribution >= 0.6 is 11.6 Å². The molecule has 0 radical (unpaired) electrons. The van der Waals surface area contributed by atoms with Crippen LogP contribution in [0.3, 0.4) is 0 Å². The van der Waals surface area contributed by atoms with Gasteiger partial charge in [0.2, 0.25) is 0 Å². The van der Waals surface area contributed by atoms with E-state index in [1.54, 1.807) is 12.4 Å². The molecule has 2 aromatic heterocycles. The van der Waals surface area contributed by atoms with Crippen LogP contribution in [0.4, 0.5) is 5.69 Å². The first-order valence-corrected chi connectivity index (χ1v) is 6.58. The maximum Gasteiger partial charge on any atom is 0.287 e. The summed E-state index contributed by atoms with van der Waals surface area (Å²) in [6, 6.07) is 1.84. The summed E-state index contributed by atoms with van der Waals surface area (Å²) in [7, 11) is 3.87. The summed E-state index contributed by atoms with van der Waals surface area (Å²) in [6.07, 6.45) is 3.23. The minimum absolute atomic E-state index is 0.151. The van der Waals surface area contributed by atoms with E-state index in [1.807, 2.05) is 25.1 Å². The minimum atomic E-state index is -0.289. The van der Waals surface area contributed by atoms with E-state index in [1.165, 1.54) is 4.68 Å². The van der Waals surface area contributed by atoms with Gasteiger partial charge in [0.15, 0.2) is 0 Å². The second-order valence-electron chi connectivity index (χ2n) is 4.64. The van der Waals surface area contributed by atoms with E-state index in [9.17, 15) is 4.79 Å². The van der Waals surface area contributed by atoms with Crippen LogP contribution in [0.25, 0.3) is 0 Å². The molecule has 20 heavy (non-hydrogen) atoms. The van der Waals surface area contributed by atoms with Gasteiger partial charge < -0.3 is 10.2 Å². The zero-order valence-electron chi connectivity index (χ0n) is 11.4. The number of H-pyrrole nitrogens is 1. The Morgan fingerprint density at radius 3 is 2.95 bits per heavy atom. The molecule has 0 saturated heterocycles. The summed E-state index contributed by atoms with van der Waals surface area (Å²) in [5.41, 5.74) is 1.13. The molecule has 0 atom stereocenters. The highest BCUT2D eigenvalue weighted by atomic mass is 35.5. The van der Waals surface area contributed by atoms with Crippen molar-refractivity contribution < 1.29 is 0 Å². The van der Waals surface area contributed by atoms with Gasteiger partial charge in [-0.2, -0.15) is 10.2 Å². The van der Waals surface area contributed by atoms with Crippen LogP contribution in [0.5, 0.6) is 0 Å². The molecule has 0 fully saturated rings. The SMILES string of the molecule is CN(C)CCn1ncc(NCc2ccn[nH]2)c(Cl)c1=O. The fourth-order valence-electron chi connectivity index (χ4n) is 1.62. The van der Waals surface area contributed by atoms with E-state index in [2.05, 4.69) is 20.6 Å². The largest absolute Gasteiger partial charge is 0.377 e. The number of anilines is 1. The predicted molar refractivity (Wildman–Crippen MR) is 78.0 cm³/mol. The van der Waals surface area contributed by atoms with Crippen molar-refractivity contribution in [3.8, 4) is 0 Å². The molecule has 0 spiro atoms. The third-order valence-electron chi connectivity index (χ3n) is 2.77. The van der Waals surface area contributed by atoms with Crippen molar-refractivity contribution in [1.29, 1.82) is 0 Å². The molecular formula is C12H17ClN6O. The highest BCUT2D eigenvalue weighted by Crippen LogP contribution is 2.15. The van der Waals surface area contributed by atoms with Crippen molar-refractivity contribution in [3.63, 3.8) is 0 Å². The fourth-order valence-corrected chi connectivity index (χ4v) is 1.83. The van der Waals surface area contributed by atoms with Crippen molar-refractivity contribution >= 4 is 17.3 Å². The summed E-state index contributed by atoms with van der Waals surface area (Å²) in [4.78, 5) is 14.0. The Kier molecular flexibility index (Phi) is 4.75. The number of hydrogen-bond donors (Lipinski definition) is 2. The van der Waals surface area contributed by atoms with Gasteiger partial charge in [-0.05, 0) is 20.2 Å². The molecule has 0 aromatic carbocycles. The molecule has 2 rings (SSSR count). The van der Waals surface area contributed by atoms with Gasteiger partial charge in [-0.15, -0.1) is 0 Å². The highest BCUT2D eigenvalue weighted by Gasteiger charge is 2.09. The Morgan fingerprint density at radius 1 is 1.50 bits per heavy atom. The molecule has 0 amide bonds. The Hall–Kier alpha value is -1.86.